The van der Waals surface area contributed by atoms with Gasteiger partial charge in [0.15, 0.2) is 0 Å². The van der Waals surface area contributed by atoms with Crippen molar-refractivity contribution >= 4 is 5.91 Å². The minimum absolute atomic E-state index is 0.256. The van der Waals surface area contributed by atoms with E-state index in [0.717, 1.165) is 32.2 Å². The number of carbonyl (C=O) groups excluding carboxylic acids is 1. The van der Waals surface area contributed by atoms with Gasteiger partial charge in [-0.15, -0.1) is 0 Å². The topological polar surface area (TPSA) is 52.6 Å². The highest BCUT2D eigenvalue weighted by atomic mass is 16.3. The normalized spacial score (nSPS) is 42.4. The molecular weight excluding hydrogens is 240 g/mol. The van der Waals surface area contributed by atoms with Crippen LogP contribution in [0, 0.1) is 5.92 Å². The van der Waals surface area contributed by atoms with Crippen LogP contribution in [0.1, 0.15) is 51.9 Å². The molecule has 4 heteroatoms. The molecule has 1 amide bonds. The van der Waals surface area contributed by atoms with Crippen LogP contribution in [0.2, 0.25) is 0 Å². The first-order valence-electron chi connectivity index (χ1n) is 7.78. The van der Waals surface area contributed by atoms with Gasteiger partial charge in [0.2, 0.25) is 5.91 Å². The Hall–Kier alpha value is -0.610. The minimum Gasteiger partial charge on any atom is -0.388 e. The lowest BCUT2D eigenvalue weighted by Gasteiger charge is -2.38. The SMILES string of the molecule is CC1(O)CCCN(C(=O)CC2CC3CCC(C2)N3)C1. The van der Waals surface area contributed by atoms with Crippen LogP contribution in [0.15, 0.2) is 0 Å². The fourth-order valence-corrected chi connectivity index (χ4v) is 4.15. The number of nitrogens with zero attached hydrogens (tertiary/aromatic N) is 1. The maximum atomic E-state index is 12.4. The molecule has 3 fully saturated rings. The van der Waals surface area contributed by atoms with Crippen molar-refractivity contribution in [2.45, 2.75) is 69.6 Å². The number of nitrogens with one attached hydrogen (secondary N) is 1. The van der Waals surface area contributed by atoms with E-state index in [1.54, 1.807) is 0 Å². The van der Waals surface area contributed by atoms with Crippen LogP contribution in [0.25, 0.3) is 0 Å². The van der Waals surface area contributed by atoms with Crippen LogP contribution in [-0.2, 0) is 4.79 Å². The molecule has 0 aromatic heterocycles. The van der Waals surface area contributed by atoms with Crippen molar-refractivity contribution in [3.05, 3.63) is 0 Å². The molecule has 3 rings (SSSR count). The Morgan fingerprint density at radius 3 is 2.68 bits per heavy atom. The van der Waals surface area contributed by atoms with E-state index in [0.29, 0.717) is 31.0 Å². The quantitative estimate of drug-likeness (QED) is 0.791. The molecule has 0 aromatic rings. The van der Waals surface area contributed by atoms with Gasteiger partial charge >= 0.3 is 0 Å². The molecule has 0 radical (unpaired) electrons. The highest BCUT2D eigenvalue weighted by Gasteiger charge is 2.36. The van der Waals surface area contributed by atoms with Crippen LogP contribution >= 0.6 is 0 Å². The fraction of sp³-hybridized carbons (Fsp3) is 0.933. The average Bonchev–Trinajstić information content (AvgIpc) is 2.67. The third-order valence-corrected chi connectivity index (χ3v) is 5.06. The molecule has 0 aliphatic carbocycles. The maximum absolute atomic E-state index is 12.4. The molecule has 0 saturated carbocycles. The number of hydrogen-bond donors (Lipinski definition) is 2. The van der Waals surface area contributed by atoms with Gasteiger partial charge in [-0.25, -0.2) is 0 Å². The second-order valence-corrected chi connectivity index (χ2v) is 7.10. The lowest BCUT2D eigenvalue weighted by molar-refractivity contribution is -0.138. The molecule has 0 spiro atoms. The molecule has 2 bridgehead atoms. The summed E-state index contributed by atoms with van der Waals surface area (Å²) in [4.78, 5) is 14.3. The highest BCUT2D eigenvalue weighted by Crippen LogP contribution is 2.33. The second kappa shape index (κ2) is 5.06. The standard InChI is InChI=1S/C15H26N2O2/c1-15(19)5-2-6-17(10-15)14(18)9-11-7-12-3-4-13(8-11)16-12/h11-13,16,19H,2-10H2,1H3. The van der Waals surface area contributed by atoms with Gasteiger partial charge in [-0.05, 0) is 51.4 Å². The summed E-state index contributed by atoms with van der Waals surface area (Å²) in [5.74, 6) is 0.810. The first kappa shape index (κ1) is 13.4. The fourth-order valence-electron chi connectivity index (χ4n) is 4.15. The summed E-state index contributed by atoms with van der Waals surface area (Å²) in [5.41, 5.74) is -0.680. The summed E-state index contributed by atoms with van der Waals surface area (Å²) in [6.07, 6.45) is 7.32. The molecule has 4 nitrogen and oxygen atoms in total. The van der Waals surface area contributed by atoms with E-state index in [1.807, 2.05) is 11.8 Å². The van der Waals surface area contributed by atoms with Crippen LogP contribution in [0.5, 0.6) is 0 Å². The first-order chi connectivity index (χ1) is 9.02. The van der Waals surface area contributed by atoms with Crippen molar-refractivity contribution in [3.63, 3.8) is 0 Å². The van der Waals surface area contributed by atoms with Crippen molar-refractivity contribution in [3.8, 4) is 0 Å². The Balaban J connectivity index is 1.53. The summed E-state index contributed by atoms with van der Waals surface area (Å²) in [6.45, 7) is 3.19. The van der Waals surface area contributed by atoms with Crippen molar-refractivity contribution in [2.24, 2.45) is 5.92 Å². The first-order valence-corrected chi connectivity index (χ1v) is 7.78. The maximum Gasteiger partial charge on any atom is 0.222 e. The zero-order chi connectivity index (χ0) is 13.5. The number of amides is 1. The third kappa shape index (κ3) is 3.11. The van der Waals surface area contributed by atoms with Crippen LogP contribution in [0.3, 0.4) is 0 Å². The van der Waals surface area contributed by atoms with Gasteiger partial charge in [-0.2, -0.15) is 0 Å². The van der Waals surface area contributed by atoms with E-state index < -0.39 is 5.60 Å². The molecule has 3 aliphatic rings. The van der Waals surface area contributed by atoms with Gasteiger partial charge in [0.25, 0.3) is 0 Å². The Bertz CT molecular complexity index is 344. The Labute approximate surface area is 115 Å². The predicted molar refractivity (Wildman–Crippen MR) is 73.7 cm³/mol. The highest BCUT2D eigenvalue weighted by molar-refractivity contribution is 5.76. The largest absolute Gasteiger partial charge is 0.388 e. The van der Waals surface area contributed by atoms with Gasteiger partial charge < -0.3 is 15.3 Å². The number of likely N-dealkylation sites (tertiary alicyclic amines) is 1. The molecule has 108 valence electrons. The van der Waals surface area contributed by atoms with Crippen LogP contribution < -0.4 is 5.32 Å². The van der Waals surface area contributed by atoms with Gasteiger partial charge in [-0.1, -0.05) is 0 Å². The van der Waals surface area contributed by atoms with Gasteiger partial charge in [0, 0.05) is 31.6 Å². The van der Waals surface area contributed by atoms with Crippen molar-refractivity contribution in [2.75, 3.05) is 13.1 Å². The van der Waals surface area contributed by atoms with E-state index >= 15 is 0 Å². The molecule has 2 N–H and O–H groups in total. The summed E-state index contributed by atoms with van der Waals surface area (Å²) in [6, 6.07) is 1.31. The Morgan fingerprint density at radius 1 is 1.37 bits per heavy atom. The third-order valence-electron chi connectivity index (χ3n) is 5.06. The number of carbonyl (C=O) groups is 1. The van der Waals surface area contributed by atoms with E-state index in [9.17, 15) is 9.90 Å². The molecular formula is C15H26N2O2. The molecule has 3 aliphatic heterocycles. The average molecular weight is 266 g/mol. The summed E-state index contributed by atoms with van der Waals surface area (Å²) >= 11 is 0. The smallest absolute Gasteiger partial charge is 0.222 e. The van der Waals surface area contributed by atoms with Crippen LogP contribution in [0.4, 0.5) is 0 Å². The molecule has 3 saturated heterocycles. The van der Waals surface area contributed by atoms with Gasteiger partial charge in [-0.3, -0.25) is 4.79 Å². The van der Waals surface area contributed by atoms with Crippen molar-refractivity contribution in [1.82, 2.24) is 10.2 Å². The lowest BCUT2D eigenvalue weighted by atomic mass is 9.88. The molecule has 3 atom stereocenters. The van der Waals surface area contributed by atoms with Gasteiger partial charge in [0.05, 0.1) is 5.60 Å². The lowest BCUT2D eigenvalue weighted by Crippen LogP contribution is -2.49. The predicted octanol–water partition coefficient (Wildman–Crippen LogP) is 1.28. The Morgan fingerprint density at radius 2 is 2.05 bits per heavy atom. The number of β-amino-alcohol motifs (C(OH)–C–C–N with tert-alkyl or cyclic N) is 1. The summed E-state index contributed by atoms with van der Waals surface area (Å²) in [7, 11) is 0. The minimum atomic E-state index is -0.680. The van der Waals surface area contributed by atoms with Crippen molar-refractivity contribution in [1.29, 1.82) is 0 Å². The van der Waals surface area contributed by atoms with Gasteiger partial charge in [0.1, 0.15) is 0 Å². The Kier molecular flexibility index (Phi) is 3.56. The number of piperidine rings is 2. The zero-order valence-corrected chi connectivity index (χ0v) is 11.9. The van der Waals surface area contributed by atoms with E-state index in [2.05, 4.69) is 5.32 Å². The summed E-state index contributed by atoms with van der Waals surface area (Å²) < 4.78 is 0. The number of rotatable bonds is 2. The molecule has 19 heavy (non-hydrogen) atoms. The number of fused-ring (bicyclic) bond motifs is 2. The van der Waals surface area contributed by atoms with Crippen LogP contribution in [-0.4, -0.2) is 46.7 Å². The molecule has 3 unspecified atom stereocenters. The summed E-state index contributed by atoms with van der Waals surface area (Å²) in [5, 5.41) is 13.7. The number of hydrogen-bond acceptors (Lipinski definition) is 3. The molecule has 3 heterocycles. The van der Waals surface area contributed by atoms with E-state index in [1.165, 1.54) is 12.8 Å². The number of aliphatic hydroxyl groups is 1. The monoisotopic (exact) mass is 266 g/mol. The molecule has 0 aromatic carbocycles. The second-order valence-electron chi connectivity index (χ2n) is 7.10. The van der Waals surface area contributed by atoms with E-state index in [-0.39, 0.29) is 5.91 Å². The van der Waals surface area contributed by atoms with E-state index in [4.69, 9.17) is 0 Å². The zero-order valence-electron chi connectivity index (χ0n) is 11.9. The van der Waals surface area contributed by atoms with Crippen molar-refractivity contribution < 1.29 is 9.90 Å².